The minimum atomic E-state index is -0.343. The molecule has 0 saturated carbocycles. The van der Waals surface area contributed by atoms with Gasteiger partial charge in [0.1, 0.15) is 6.04 Å². The summed E-state index contributed by atoms with van der Waals surface area (Å²) < 4.78 is 5.01. The number of hydrogen-bond acceptors (Lipinski definition) is 4. The molecule has 4 nitrogen and oxygen atoms in total. The summed E-state index contributed by atoms with van der Waals surface area (Å²) in [4.78, 5) is 11.0. The lowest BCUT2D eigenvalue weighted by molar-refractivity contribution is 0.373. The minimum absolute atomic E-state index is 0.0816. The van der Waals surface area contributed by atoms with Crippen LogP contribution in [0.4, 0.5) is 0 Å². The second kappa shape index (κ2) is 9.50. The van der Waals surface area contributed by atoms with E-state index in [2.05, 4.69) is 17.3 Å². The fourth-order valence-electron chi connectivity index (χ4n) is 2.54. The fourth-order valence-corrected chi connectivity index (χ4v) is 2.54. The van der Waals surface area contributed by atoms with E-state index in [1.807, 2.05) is 30.3 Å². The first-order valence-electron chi connectivity index (χ1n) is 8.14. The van der Waals surface area contributed by atoms with Crippen molar-refractivity contribution in [2.45, 2.75) is 31.7 Å². The second-order valence-corrected chi connectivity index (χ2v) is 5.69. The molecule has 1 atom stereocenters. The van der Waals surface area contributed by atoms with Gasteiger partial charge in [-0.2, -0.15) is 4.91 Å². The first-order chi connectivity index (χ1) is 11.7. The van der Waals surface area contributed by atoms with E-state index in [1.54, 1.807) is 18.2 Å². The number of nitrogens with zero attached hydrogens (tertiary/aromatic N) is 1. The summed E-state index contributed by atoms with van der Waals surface area (Å²) in [6.45, 7) is 0. The van der Waals surface area contributed by atoms with Crippen LogP contribution >= 0.6 is 0 Å². The van der Waals surface area contributed by atoms with E-state index >= 15 is 0 Å². The summed E-state index contributed by atoms with van der Waals surface area (Å²) in [5.41, 5.74) is 2.13. The molecule has 0 amide bonds. The number of nitroso groups, excluding NO2 is 1. The SMILES string of the molecule is COc1ccc(C=CC(CCCCc2ccccc2)N=O)cc1O. The highest BCUT2D eigenvalue weighted by molar-refractivity contribution is 5.55. The molecule has 0 aromatic heterocycles. The molecule has 0 saturated heterocycles. The summed E-state index contributed by atoms with van der Waals surface area (Å²) in [5.74, 6) is 0.510. The Morgan fingerprint density at radius 2 is 1.96 bits per heavy atom. The lowest BCUT2D eigenvalue weighted by Crippen LogP contribution is -1.99. The van der Waals surface area contributed by atoms with Gasteiger partial charge in [-0.15, -0.1) is 0 Å². The van der Waals surface area contributed by atoms with Gasteiger partial charge in [0.25, 0.3) is 0 Å². The Morgan fingerprint density at radius 3 is 2.62 bits per heavy atom. The normalized spacial score (nSPS) is 12.2. The Bertz CT molecular complexity index is 668. The molecule has 2 rings (SSSR count). The van der Waals surface area contributed by atoms with Crippen molar-refractivity contribution in [1.82, 2.24) is 0 Å². The average Bonchev–Trinajstić information content (AvgIpc) is 2.62. The van der Waals surface area contributed by atoms with E-state index in [0.717, 1.165) is 31.2 Å². The van der Waals surface area contributed by atoms with Crippen molar-refractivity contribution < 1.29 is 9.84 Å². The summed E-state index contributed by atoms with van der Waals surface area (Å²) in [6.07, 6.45) is 7.33. The smallest absolute Gasteiger partial charge is 0.160 e. The Balaban J connectivity index is 1.81. The highest BCUT2D eigenvalue weighted by Gasteiger charge is 2.05. The molecule has 4 heteroatoms. The molecule has 1 unspecified atom stereocenters. The number of unbranched alkanes of at least 4 members (excludes halogenated alkanes) is 1. The van der Waals surface area contributed by atoms with E-state index in [-0.39, 0.29) is 11.8 Å². The van der Waals surface area contributed by atoms with E-state index in [0.29, 0.717) is 5.75 Å². The van der Waals surface area contributed by atoms with Crippen LogP contribution in [0.25, 0.3) is 6.08 Å². The van der Waals surface area contributed by atoms with Gasteiger partial charge >= 0.3 is 0 Å². The first-order valence-corrected chi connectivity index (χ1v) is 8.14. The summed E-state index contributed by atoms with van der Waals surface area (Å²) in [7, 11) is 1.51. The van der Waals surface area contributed by atoms with Gasteiger partial charge in [0.05, 0.1) is 7.11 Å². The maximum absolute atomic E-state index is 11.0. The Hall–Kier alpha value is -2.62. The largest absolute Gasteiger partial charge is 0.504 e. The predicted molar refractivity (Wildman–Crippen MR) is 97.3 cm³/mol. The number of phenols is 1. The molecule has 24 heavy (non-hydrogen) atoms. The third-order valence-electron chi connectivity index (χ3n) is 3.91. The van der Waals surface area contributed by atoms with Crippen LogP contribution in [-0.4, -0.2) is 18.3 Å². The molecule has 0 fully saturated rings. The number of aromatic hydroxyl groups is 1. The molecule has 0 bridgehead atoms. The van der Waals surface area contributed by atoms with Crippen molar-refractivity contribution in [3.63, 3.8) is 0 Å². The molecule has 0 aliphatic carbocycles. The van der Waals surface area contributed by atoms with Crippen molar-refractivity contribution in [3.8, 4) is 11.5 Å². The van der Waals surface area contributed by atoms with Gasteiger partial charge in [0, 0.05) is 0 Å². The molecule has 0 radical (unpaired) electrons. The molecule has 0 aliphatic rings. The van der Waals surface area contributed by atoms with Gasteiger partial charge in [-0.3, -0.25) is 0 Å². The van der Waals surface area contributed by atoms with Crippen LogP contribution in [0.5, 0.6) is 11.5 Å². The highest BCUT2D eigenvalue weighted by Crippen LogP contribution is 2.26. The maximum Gasteiger partial charge on any atom is 0.160 e. The number of rotatable bonds is 9. The molecule has 0 heterocycles. The molecule has 0 spiro atoms. The van der Waals surface area contributed by atoms with Gasteiger partial charge in [0.15, 0.2) is 11.5 Å². The standard InChI is InChI=1S/C20H23NO3/c1-24-20-14-12-17(15-19(20)22)11-13-18(21-23)10-6-5-9-16-7-3-2-4-8-16/h2-4,7-8,11-15,18,22H,5-6,9-10H2,1H3. The minimum Gasteiger partial charge on any atom is -0.504 e. The molecular formula is C20H23NO3. The van der Waals surface area contributed by atoms with Crippen LogP contribution in [0.2, 0.25) is 0 Å². The average molecular weight is 325 g/mol. The molecular weight excluding hydrogens is 302 g/mol. The van der Waals surface area contributed by atoms with Gasteiger partial charge in [-0.25, -0.2) is 0 Å². The van der Waals surface area contributed by atoms with Crippen molar-refractivity contribution in [3.05, 3.63) is 70.6 Å². The molecule has 126 valence electrons. The molecule has 0 aliphatic heterocycles. The third kappa shape index (κ3) is 5.54. The number of hydrogen-bond donors (Lipinski definition) is 1. The number of phenolic OH excluding ortho intramolecular Hbond substituents is 1. The van der Waals surface area contributed by atoms with E-state index in [9.17, 15) is 10.0 Å². The monoisotopic (exact) mass is 325 g/mol. The fraction of sp³-hybridized carbons (Fsp3) is 0.300. The van der Waals surface area contributed by atoms with Crippen molar-refractivity contribution >= 4 is 6.08 Å². The van der Waals surface area contributed by atoms with E-state index < -0.39 is 0 Å². The van der Waals surface area contributed by atoms with Crippen molar-refractivity contribution in [2.24, 2.45) is 5.18 Å². The Kier molecular flexibility index (Phi) is 7.02. The van der Waals surface area contributed by atoms with Gasteiger partial charge in [-0.05, 0) is 42.5 Å². The Labute approximate surface area is 142 Å². The van der Waals surface area contributed by atoms with Crippen LogP contribution in [0.1, 0.15) is 30.4 Å². The zero-order valence-electron chi connectivity index (χ0n) is 13.9. The van der Waals surface area contributed by atoms with Crippen LogP contribution in [0.15, 0.2) is 59.8 Å². The lowest BCUT2D eigenvalue weighted by Gasteiger charge is -2.06. The summed E-state index contributed by atoms with van der Waals surface area (Å²) in [6, 6.07) is 15.1. The lowest BCUT2D eigenvalue weighted by atomic mass is 10.0. The van der Waals surface area contributed by atoms with Gasteiger partial charge in [0.2, 0.25) is 0 Å². The molecule has 2 aromatic rings. The summed E-state index contributed by atoms with van der Waals surface area (Å²) in [5, 5.41) is 12.9. The number of ether oxygens (including phenoxy) is 1. The van der Waals surface area contributed by atoms with Crippen LogP contribution < -0.4 is 4.74 Å². The third-order valence-corrected chi connectivity index (χ3v) is 3.91. The first kappa shape index (κ1) is 17.7. The summed E-state index contributed by atoms with van der Waals surface area (Å²) >= 11 is 0. The highest BCUT2D eigenvalue weighted by atomic mass is 16.5. The van der Waals surface area contributed by atoms with Crippen LogP contribution in [-0.2, 0) is 6.42 Å². The van der Waals surface area contributed by atoms with Crippen molar-refractivity contribution in [2.75, 3.05) is 7.11 Å². The topological polar surface area (TPSA) is 58.9 Å². The number of benzene rings is 2. The van der Waals surface area contributed by atoms with Crippen molar-refractivity contribution in [1.29, 1.82) is 0 Å². The van der Waals surface area contributed by atoms with Crippen LogP contribution in [0, 0.1) is 4.91 Å². The number of methoxy groups -OCH3 is 1. The van der Waals surface area contributed by atoms with Gasteiger partial charge in [-0.1, -0.05) is 60.1 Å². The zero-order valence-corrected chi connectivity index (χ0v) is 13.9. The zero-order chi connectivity index (χ0) is 17.2. The van der Waals surface area contributed by atoms with E-state index in [4.69, 9.17) is 4.74 Å². The van der Waals surface area contributed by atoms with Crippen LogP contribution in [0.3, 0.4) is 0 Å². The quantitative estimate of drug-likeness (QED) is 0.523. The molecule has 2 aromatic carbocycles. The second-order valence-electron chi connectivity index (χ2n) is 5.69. The maximum atomic E-state index is 11.0. The molecule has 1 N–H and O–H groups in total. The van der Waals surface area contributed by atoms with E-state index in [1.165, 1.54) is 12.7 Å². The number of aryl methyl sites for hydroxylation is 1. The Morgan fingerprint density at radius 1 is 1.17 bits per heavy atom. The van der Waals surface area contributed by atoms with Gasteiger partial charge < -0.3 is 9.84 Å². The predicted octanol–water partition coefficient (Wildman–Crippen LogP) is 4.96.